The van der Waals surface area contributed by atoms with E-state index >= 15 is 0 Å². The summed E-state index contributed by atoms with van der Waals surface area (Å²) in [4.78, 5) is 2.55. The highest BCUT2D eigenvalue weighted by Crippen LogP contribution is 2.45. The molecule has 1 saturated carbocycles. The zero-order valence-corrected chi connectivity index (χ0v) is 20.0. The smallest absolute Gasteiger partial charge is 0.172 e. The van der Waals surface area contributed by atoms with E-state index in [2.05, 4.69) is 53.3 Å². The Morgan fingerprint density at radius 2 is 1.84 bits per heavy atom. The molecular formula is C23H31Cl2N5O. The molecule has 1 aromatic heterocycles. The molecule has 1 saturated heterocycles. The lowest BCUT2D eigenvalue weighted by Crippen LogP contribution is -2.51. The number of halogens is 2. The first-order valence-electron chi connectivity index (χ1n) is 11.1. The largest absolute Gasteiger partial charge is 0.379 e. The maximum atomic E-state index is 6.41. The van der Waals surface area contributed by atoms with Crippen molar-refractivity contribution >= 4 is 29.3 Å². The maximum Gasteiger partial charge on any atom is 0.172 e. The fourth-order valence-electron chi connectivity index (χ4n) is 4.89. The summed E-state index contributed by atoms with van der Waals surface area (Å²) < 4.78 is 7.67. The number of allylic oxidation sites excluding steroid dienone is 1. The van der Waals surface area contributed by atoms with Gasteiger partial charge in [-0.25, -0.2) is 4.68 Å². The van der Waals surface area contributed by atoms with Crippen LogP contribution in [0.15, 0.2) is 24.3 Å². The van der Waals surface area contributed by atoms with Crippen molar-refractivity contribution in [1.82, 2.24) is 25.1 Å². The van der Waals surface area contributed by atoms with Gasteiger partial charge in [-0.05, 0) is 46.4 Å². The highest BCUT2D eigenvalue weighted by atomic mass is 35.5. The molecular weight excluding hydrogens is 433 g/mol. The minimum absolute atomic E-state index is 0.0252. The number of benzene rings is 1. The third kappa shape index (κ3) is 4.68. The van der Waals surface area contributed by atoms with Gasteiger partial charge < -0.3 is 4.74 Å². The summed E-state index contributed by atoms with van der Waals surface area (Å²) in [6, 6.07) is 5.53. The normalized spacial score (nSPS) is 21.1. The summed E-state index contributed by atoms with van der Waals surface area (Å²) in [6.45, 7) is 10.0. The summed E-state index contributed by atoms with van der Waals surface area (Å²) in [5.74, 6) is 0.971. The number of tetrazole rings is 1. The number of rotatable bonds is 5. The van der Waals surface area contributed by atoms with Crippen molar-refractivity contribution < 1.29 is 4.74 Å². The van der Waals surface area contributed by atoms with Gasteiger partial charge in [0.25, 0.3) is 0 Å². The van der Waals surface area contributed by atoms with E-state index in [9.17, 15) is 0 Å². The zero-order chi connectivity index (χ0) is 22.1. The first-order chi connectivity index (χ1) is 14.8. The lowest BCUT2D eigenvalue weighted by Gasteiger charge is -2.43. The molecule has 31 heavy (non-hydrogen) atoms. The third-order valence-electron chi connectivity index (χ3n) is 6.53. The van der Waals surface area contributed by atoms with Crippen LogP contribution < -0.4 is 0 Å². The Balaban J connectivity index is 1.73. The number of aromatic nitrogens is 4. The van der Waals surface area contributed by atoms with Crippen molar-refractivity contribution in [3.8, 4) is 0 Å². The Hall–Kier alpha value is -1.47. The van der Waals surface area contributed by atoms with E-state index in [-0.39, 0.29) is 17.0 Å². The molecule has 1 atom stereocenters. The second-order valence-corrected chi connectivity index (χ2v) is 10.5. The van der Waals surface area contributed by atoms with Gasteiger partial charge in [0, 0.05) is 23.1 Å². The highest BCUT2D eigenvalue weighted by Gasteiger charge is 2.47. The van der Waals surface area contributed by atoms with Crippen molar-refractivity contribution in [3.05, 3.63) is 45.7 Å². The Kier molecular flexibility index (Phi) is 6.73. The fraction of sp³-hybridized carbons (Fsp3) is 0.609. The molecule has 8 heteroatoms. The topological polar surface area (TPSA) is 56.1 Å². The van der Waals surface area contributed by atoms with Crippen LogP contribution in [0.25, 0.3) is 6.08 Å². The van der Waals surface area contributed by atoms with E-state index in [0.717, 1.165) is 50.5 Å². The average Bonchev–Trinajstić information content (AvgIpc) is 3.40. The van der Waals surface area contributed by atoms with Gasteiger partial charge in [0.15, 0.2) is 5.82 Å². The SMILES string of the molecule is CC(C)(C)C(/C=C/c1ccc(Cl)cc1Cl)n1nnnc1C1(N2CCOCC2)CCCC1. The second kappa shape index (κ2) is 9.18. The molecule has 0 N–H and O–H groups in total. The molecule has 168 valence electrons. The van der Waals surface area contributed by atoms with Crippen LogP contribution in [0.2, 0.25) is 10.0 Å². The quantitative estimate of drug-likeness (QED) is 0.595. The zero-order valence-electron chi connectivity index (χ0n) is 18.5. The Labute approximate surface area is 194 Å². The molecule has 4 rings (SSSR count). The second-order valence-electron chi connectivity index (χ2n) is 9.62. The van der Waals surface area contributed by atoms with Crippen molar-refractivity contribution in [3.63, 3.8) is 0 Å². The molecule has 1 aliphatic heterocycles. The molecule has 1 aliphatic carbocycles. The van der Waals surface area contributed by atoms with Crippen LogP contribution >= 0.6 is 23.2 Å². The summed E-state index contributed by atoms with van der Waals surface area (Å²) >= 11 is 12.5. The predicted molar refractivity (Wildman–Crippen MR) is 124 cm³/mol. The van der Waals surface area contributed by atoms with Gasteiger partial charge in [0.05, 0.1) is 24.8 Å². The van der Waals surface area contributed by atoms with Gasteiger partial charge >= 0.3 is 0 Å². The minimum atomic E-state index is -0.122. The molecule has 0 spiro atoms. The van der Waals surface area contributed by atoms with E-state index in [4.69, 9.17) is 27.9 Å². The number of nitrogens with zero attached hydrogens (tertiary/aromatic N) is 5. The van der Waals surface area contributed by atoms with Crippen LogP contribution in [0.3, 0.4) is 0 Å². The molecule has 0 bridgehead atoms. The molecule has 1 unspecified atom stereocenters. The lowest BCUT2D eigenvalue weighted by molar-refractivity contribution is -0.0291. The molecule has 6 nitrogen and oxygen atoms in total. The molecule has 2 fully saturated rings. The van der Waals surface area contributed by atoms with Crippen molar-refractivity contribution in [2.45, 2.75) is 58.0 Å². The van der Waals surface area contributed by atoms with Gasteiger partial charge in [-0.2, -0.15) is 0 Å². The Morgan fingerprint density at radius 3 is 2.48 bits per heavy atom. The Bertz CT molecular complexity index is 924. The first kappa shape index (κ1) is 22.7. The molecule has 2 heterocycles. The molecule has 2 aliphatic rings. The monoisotopic (exact) mass is 463 g/mol. The van der Waals surface area contributed by atoms with Gasteiger partial charge in [0.2, 0.25) is 0 Å². The van der Waals surface area contributed by atoms with Crippen LogP contribution in [-0.2, 0) is 10.3 Å². The summed E-state index contributed by atoms with van der Waals surface area (Å²) in [6.07, 6.45) is 8.77. The van der Waals surface area contributed by atoms with E-state index in [1.165, 1.54) is 12.8 Å². The summed E-state index contributed by atoms with van der Waals surface area (Å²) in [7, 11) is 0. The maximum absolute atomic E-state index is 6.41. The van der Waals surface area contributed by atoms with Gasteiger partial charge in [-0.1, -0.05) is 75.0 Å². The van der Waals surface area contributed by atoms with Crippen LogP contribution in [0.4, 0.5) is 0 Å². The van der Waals surface area contributed by atoms with Gasteiger partial charge in [-0.3, -0.25) is 4.90 Å². The van der Waals surface area contributed by atoms with Gasteiger partial charge in [-0.15, -0.1) is 5.10 Å². The van der Waals surface area contributed by atoms with Crippen molar-refractivity contribution in [1.29, 1.82) is 0 Å². The van der Waals surface area contributed by atoms with Crippen LogP contribution in [-0.4, -0.2) is 51.4 Å². The molecule has 0 amide bonds. The molecule has 0 radical (unpaired) electrons. The number of morpholine rings is 1. The predicted octanol–water partition coefficient (Wildman–Crippen LogP) is 5.38. The summed E-state index contributed by atoms with van der Waals surface area (Å²) in [5.41, 5.74) is 0.714. The number of hydrogen-bond donors (Lipinski definition) is 0. The van der Waals surface area contributed by atoms with Gasteiger partial charge in [0.1, 0.15) is 0 Å². The highest BCUT2D eigenvalue weighted by molar-refractivity contribution is 6.35. The fourth-order valence-corrected chi connectivity index (χ4v) is 5.36. The van der Waals surface area contributed by atoms with Crippen molar-refractivity contribution in [2.75, 3.05) is 26.3 Å². The summed E-state index contributed by atoms with van der Waals surface area (Å²) in [5, 5.41) is 14.5. The Morgan fingerprint density at radius 1 is 1.13 bits per heavy atom. The van der Waals surface area contributed by atoms with E-state index < -0.39 is 0 Å². The lowest BCUT2D eigenvalue weighted by atomic mass is 9.85. The number of ether oxygens (including phenoxy) is 1. The van der Waals surface area contributed by atoms with Crippen LogP contribution in [0, 0.1) is 5.41 Å². The van der Waals surface area contributed by atoms with E-state index in [1.807, 2.05) is 16.8 Å². The average molecular weight is 464 g/mol. The minimum Gasteiger partial charge on any atom is -0.379 e. The van der Waals surface area contributed by atoms with Crippen molar-refractivity contribution in [2.24, 2.45) is 5.41 Å². The molecule has 2 aromatic rings. The van der Waals surface area contributed by atoms with Crippen LogP contribution in [0.5, 0.6) is 0 Å². The molecule has 1 aromatic carbocycles. The standard InChI is InChI=1S/C23H31Cl2N5O/c1-22(2,3)20(9-7-17-6-8-18(24)16-19(17)25)30-21(26-27-28-30)23(10-4-5-11-23)29-12-14-31-15-13-29/h6-9,16,20H,4-5,10-15H2,1-3H3/b9-7+. The van der Waals surface area contributed by atoms with E-state index in [1.54, 1.807) is 6.07 Å². The van der Waals surface area contributed by atoms with Crippen LogP contribution in [0.1, 0.15) is 63.9 Å². The number of hydrogen-bond acceptors (Lipinski definition) is 5. The van der Waals surface area contributed by atoms with E-state index in [0.29, 0.717) is 10.0 Å². The third-order valence-corrected chi connectivity index (χ3v) is 7.09. The first-order valence-corrected chi connectivity index (χ1v) is 11.8.